The van der Waals surface area contributed by atoms with E-state index in [0.717, 1.165) is 5.56 Å². The molecule has 2 aromatic rings. The Morgan fingerprint density at radius 1 is 1.17 bits per heavy atom. The van der Waals surface area contributed by atoms with Crippen LogP contribution in [0, 0.1) is 6.92 Å². The van der Waals surface area contributed by atoms with Gasteiger partial charge in [-0.2, -0.15) is 0 Å². The fraction of sp³-hybridized carbons (Fsp3) is 0.471. The van der Waals surface area contributed by atoms with Crippen LogP contribution in [0.15, 0.2) is 29.4 Å². The zero-order valence-corrected chi connectivity index (χ0v) is 15.7. The Balaban J connectivity index is 2.09. The van der Waals surface area contributed by atoms with Crippen LogP contribution in [0.3, 0.4) is 0 Å². The third-order valence-corrected chi connectivity index (χ3v) is 4.63. The minimum atomic E-state index is 0.0740. The molecule has 0 spiro atoms. The molecule has 0 unspecified atom stereocenters. The average Bonchev–Trinajstić information content (AvgIpc) is 2.86. The molecule has 0 radical (unpaired) electrons. The topological polar surface area (TPSA) is 77.0 Å². The number of thioether (sulfide) groups is 1. The zero-order valence-electron chi connectivity index (χ0n) is 14.9. The van der Waals surface area contributed by atoms with Crippen molar-refractivity contribution in [1.82, 2.24) is 19.8 Å². The molecule has 130 valence electrons. The molecule has 6 nitrogen and oxygen atoms in total. The van der Waals surface area contributed by atoms with E-state index in [1.54, 1.807) is 0 Å². The smallest absolute Gasteiger partial charge is 0.233 e. The molecule has 0 bridgehead atoms. The molecule has 0 fully saturated rings. The average molecular weight is 347 g/mol. The zero-order chi connectivity index (χ0) is 17.9. The van der Waals surface area contributed by atoms with Gasteiger partial charge in [-0.25, -0.2) is 4.68 Å². The van der Waals surface area contributed by atoms with E-state index in [1.807, 2.05) is 63.8 Å². The van der Waals surface area contributed by atoms with Crippen molar-refractivity contribution in [3.8, 4) is 11.4 Å². The summed E-state index contributed by atoms with van der Waals surface area (Å²) in [4.78, 5) is 14.3. The first kappa shape index (κ1) is 18.3. The van der Waals surface area contributed by atoms with Gasteiger partial charge in [0, 0.05) is 17.6 Å². The van der Waals surface area contributed by atoms with Crippen LogP contribution >= 0.6 is 11.8 Å². The van der Waals surface area contributed by atoms with Crippen LogP contribution in [0.5, 0.6) is 0 Å². The Hall–Kier alpha value is -2.02. The summed E-state index contributed by atoms with van der Waals surface area (Å²) in [7, 11) is 0. The molecular formula is C17H25N5OS. The van der Waals surface area contributed by atoms with Crippen LogP contribution in [0.25, 0.3) is 11.4 Å². The Morgan fingerprint density at radius 3 is 2.29 bits per heavy atom. The van der Waals surface area contributed by atoms with Crippen molar-refractivity contribution in [2.75, 3.05) is 11.6 Å². The number of hydrogen-bond acceptors (Lipinski definition) is 5. The highest BCUT2D eigenvalue weighted by atomic mass is 32.2. The van der Waals surface area contributed by atoms with E-state index in [1.165, 1.54) is 22.0 Å². The van der Waals surface area contributed by atoms with E-state index < -0.39 is 0 Å². The first-order chi connectivity index (χ1) is 11.3. The summed E-state index contributed by atoms with van der Waals surface area (Å²) in [5.74, 6) is 7.06. The van der Waals surface area contributed by atoms with E-state index >= 15 is 0 Å². The van der Waals surface area contributed by atoms with Crippen molar-refractivity contribution in [1.29, 1.82) is 0 Å². The van der Waals surface area contributed by atoms with Crippen LogP contribution in [0.2, 0.25) is 0 Å². The Kier molecular flexibility index (Phi) is 5.88. The molecule has 2 rings (SSSR count). The van der Waals surface area contributed by atoms with Crippen molar-refractivity contribution in [3.05, 3.63) is 29.8 Å². The standard InChI is InChI=1S/C17H25N5OS/c1-11(2)21(12(3)4)15(23)10-24-17-20-19-16(22(17)18)14-8-6-13(5)7-9-14/h6-9,11-12H,10,18H2,1-5H3. The monoisotopic (exact) mass is 347 g/mol. The maximum Gasteiger partial charge on any atom is 0.233 e. The van der Waals surface area contributed by atoms with E-state index in [4.69, 9.17) is 5.84 Å². The van der Waals surface area contributed by atoms with Crippen LogP contribution < -0.4 is 5.84 Å². The van der Waals surface area contributed by atoms with Gasteiger partial charge in [0.2, 0.25) is 11.1 Å². The van der Waals surface area contributed by atoms with Gasteiger partial charge < -0.3 is 10.7 Å². The summed E-state index contributed by atoms with van der Waals surface area (Å²) < 4.78 is 1.44. The molecule has 0 saturated heterocycles. The number of nitrogens with two attached hydrogens (primary N) is 1. The number of nitrogens with zero attached hydrogens (tertiary/aromatic N) is 4. The van der Waals surface area contributed by atoms with Gasteiger partial charge in [-0.3, -0.25) is 4.79 Å². The first-order valence-electron chi connectivity index (χ1n) is 8.02. The highest BCUT2D eigenvalue weighted by molar-refractivity contribution is 7.99. The summed E-state index contributed by atoms with van der Waals surface area (Å²) >= 11 is 1.31. The number of aryl methyl sites for hydroxylation is 1. The van der Waals surface area contributed by atoms with E-state index in [0.29, 0.717) is 16.7 Å². The Bertz CT molecular complexity index is 686. The number of carbonyl (C=O) groups excluding carboxylic acids is 1. The van der Waals surface area contributed by atoms with Gasteiger partial charge in [-0.15, -0.1) is 10.2 Å². The third kappa shape index (κ3) is 4.08. The predicted octanol–water partition coefficient (Wildman–Crippen LogP) is 2.70. The third-order valence-electron chi connectivity index (χ3n) is 3.70. The number of hydrogen-bond donors (Lipinski definition) is 1. The number of carbonyl (C=O) groups is 1. The summed E-state index contributed by atoms with van der Waals surface area (Å²) in [6.45, 7) is 10.1. The van der Waals surface area contributed by atoms with Gasteiger partial charge in [0.25, 0.3) is 0 Å². The highest BCUT2D eigenvalue weighted by Crippen LogP contribution is 2.22. The van der Waals surface area contributed by atoms with Gasteiger partial charge in [-0.05, 0) is 34.6 Å². The highest BCUT2D eigenvalue weighted by Gasteiger charge is 2.21. The number of nitrogen functional groups attached to an aromatic ring is 1. The molecule has 0 aliphatic carbocycles. The molecule has 7 heteroatoms. The Morgan fingerprint density at radius 2 is 1.75 bits per heavy atom. The largest absolute Gasteiger partial charge is 0.337 e. The van der Waals surface area contributed by atoms with Crippen molar-refractivity contribution in [2.24, 2.45) is 0 Å². The molecule has 0 atom stereocenters. The van der Waals surface area contributed by atoms with Gasteiger partial charge in [0.05, 0.1) is 5.75 Å². The minimum Gasteiger partial charge on any atom is -0.337 e. The lowest BCUT2D eigenvalue weighted by Gasteiger charge is -2.30. The fourth-order valence-corrected chi connectivity index (χ4v) is 3.37. The van der Waals surface area contributed by atoms with Crippen LogP contribution in [0.1, 0.15) is 33.3 Å². The lowest BCUT2D eigenvalue weighted by Crippen LogP contribution is -2.43. The van der Waals surface area contributed by atoms with E-state index in [9.17, 15) is 4.79 Å². The molecule has 1 heterocycles. The fourth-order valence-electron chi connectivity index (χ4n) is 2.65. The first-order valence-corrected chi connectivity index (χ1v) is 9.01. The lowest BCUT2D eigenvalue weighted by molar-refractivity contribution is -0.131. The molecule has 0 aliphatic rings. The van der Waals surface area contributed by atoms with Crippen molar-refractivity contribution < 1.29 is 4.79 Å². The molecule has 2 N–H and O–H groups in total. The molecule has 1 amide bonds. The van der Waals surface area contributed by atoms with Crippen LogP contribution in [-0.4, -0.2) is 43.5 Å². The van der Waals surface area contributed by atoms with Crippen molar-refractivity contribution >= 4 is 17.7 Å². The molecule has 1 aromatic heterocycles. The maximum absolute atomic E-state index is 12.4. The lowest BCUT2D eigenvalue weighted by atomic mass is 10.1. The summed E-state index contributed by atoms with van der Waals surface area (Å²) in [5, 5.41) is 8.80. The summed E-state index contributed by atoms with van der Waals surface area (Å²) in [6.07, 6.45) is 0. The molecule has 0 saturated carbocycles. The summed E-state index contributed by atoms with van der Waals surface area (Å²) in [6, 6.07) is 8.25. The van der Waals surface area contributed by atoms with Gasteiger partial charge in [0.15, 0.2) is 5.82 Å². The number of aromatic nitrogens is 3. The quantitative estimate of drug-likeness (QED) is 0.642. The maximum atomic E-state index is 12.4. The Labute approximate surface area is 147 Å². The SMILES string of the molecule is Cc1ccc(-c2nnc(SCC(=O)N(C(C)C)C(C)C)n2N)cc1. The number of amides is 1. The van der Waals surface area contributed by atoms with Crippen molar-refractivity contribution in [3.63, 3.8) is 0 Å². The second kappa shape index (κ2) is 7.70. The molecule has 1 aromatic carbocycles. The molecule has 24 heavy (non-hydrogen) atoms. The molecular weight excluding hydrogens is 322 g/mol. The van der Waals surface area contributed by atoms with Crippen LogP contribution in [0.4, 0.5) is 0 Å². The number of benzene rings is 1. The molecule has 0 aliphatic heterocycles. The normalized spacial score (nSPS) is 11.3. The van der Waals surface area contributed by atoms with E-state index in [-0.39, 0.29) is 18.0 Å². The summed E-state index contributed by atoms with van der Waals surface area (Å²) in [5.41, 5.74) is 2.07. The number of rotatable bonds is 6. The minimum absolute atomic E-state index is 0.0740. The van der Waals surface area contributed by atoms with Gasteiger partial charge in [-0.1, -0.05) is 41.6 Å². The van der Waals surface area contributed by atoms with Gasteiger partial charge >= 0.3 is 0 Å². The predicted molar refractivity (Wildman–Crippen MR) is 98.2 cm³/mol. The van der Waals surface area contributed by atoms with Crippen molar-refractivity contribution in [2.45, 2.75) is 51.9 Å². The van der Waals surface area contributed by atoms with Gasteiger partial charge in [0.1, 0.15) is 0 Å². The second-order valence-electron chi connectivity index (χ2n) is 6.32. The van der Waals surface area contributed by atoms with Crippen LogP contribution in [-0.2, 0) is 4.79 Å². The van der Waals surface area contributed by atoms with E-state index in [2.05, 4.69) is 10.2 Å². The second-order valence-corrected chi connectivity index (χ2v) is 7.26.